The quantitative estimate of drug-likeness (QED) is 0.555. The number of nitrogens with one attached hydrogen (secondary N) is 2. The number of hydrogen-bond acceptors (Lipinski definition) is 5. The Morgan fingerprint density at radius 1 is 1.29 bits per heavy atom. The minimum Gasteiger partial charge on any atom is -0.379 e. The Bertz CT molecular complexity index is 1000. The first-order valence-corrected chi connectivity index (χ1v) is 9.81. The number of pyridine rings is 1. The van der Waals surface area contributed by atoms with Crippen molar-refractivity contribution < 1.29 is 9.18 Å². The van der Waals surface area contributed by atoms with E-state index in [0.29, 0.717) is 33.0 Å². The fourth-order valence-corrected chi connectivity index (χ4v) is 3.74. The number of thiophene rings is 1. The molecule has 0 aliphatic carbocycles. The molecule has 0 spiro atoms. The molecule has 11 heteroatoms. The zero-order valence-electron chi connectivity index (χ0n) is 14.5. The van der Waals surface area contributed by atoms with Gasteiger partial charge in [-0.15, -0.1) is 11.3 Å². The van der Waals surface area contributed by atoms with Gasteiger partial charge in [0.15, 0.2) is 0 Å². The van der Waals surface area contributed by atoms with Gasteiger partial charge in [-0.25, -0.2) is 9.37 Å². The molecule has 0 atom stereocenters. The summed E-state index contributed by atoms with van der Waals surface area (Å²) in [6.45, 7) is 0.220. The van der Waals surface area contributed by atoms with E-state index < -0.39 is 12.6 Å². The Hall–Kier alpha value is -2.36. The van der Waals surface area contributed by atoms with Gasteiger partial charge in [0, 0.05) is 31.7 Å². The standard InChI is InChI=1S/C17H16Cl2FN5O2S/c18-12-8-14(28-15(12)19)16(26)23-11-7-13(17(27)25(9-11)4-1-20)22-3-6-24-5-2-21-10-24/h2,5,7-10,22H,1,3-4,6H2,(H,23,26). The average Bonchev–Trinajstić information content (AvgIpc) is 3.29. The molecule has 0 unspecified atom stereocenters. The molecule has 7 nitrogen and oxygen atoms in total. The SMILES string of the molecule is O=C(Nc1cc(NCCn2ccnc2)c(=O)n(CCF)c1)c1cc(Cl)c(Cl)s1. The molecule has 3 aromatic heterocycles. The summed E-state index contributed by atoms with van der Waals surface area (Å²) in [4.78, 5) is 29.2. The molecule has 0 fully saturated rings. The fourth-order valence-electron chi connectivity index (χ4n) is 2.48. The van der Waals surface area contributed by atoms with Gasteiger partial charge in [0.2, 0.25) is 0 Å². The number of rotatable bonds is 8. The summed E-state index contributed by atoms with van der Waals surface area (Å²) in [6, 6.07) is 2.98. The fraction of sp³-hybridized carbons (Fsp3) is 0.235. The molecule has 28 heavy (non-hydrogen) atoms. The highest BCUT2D eigenvalue weighted by Crippen LogP contribution is 2.32. The van der Waals surface area contributed by atoms with Crippen LogP contribution >= 0.6 is 34.5 Å². The van der Waals surface area contributed by atoms with Crippen molar-refractivity contribution >= 4 is 51.8 Å². The second kappa shape index (κ2) is 9.22. The summed E-state index contributed by atoms with van der Waals surface area (Å²) in [5.41, 5.74) is 0.237. The summed E-state index contributed by atoms with van der Waals surface area (Å²) in [5.74, 6) is -0.423. The predicted molar refractivity (Wildman–Crippen MR) is 110 cm³/mol. The molecule has 0 radical (unpaired) electrons. The highest BCUT2D eigenvalue weighted by Gasteiger charge is 2.14. The molecule has 148 valence electrons. The lowest BCUT2D eigenvalue weighted by Crippen LogP contribution is -2.26. The van der Waals surface area contributed by atoms with Crippen LogP contribution in [0.2, 0.25) is 9.36 Å². The van der Waals surface area contributed by atoms with Gasteiger partial charge in [0.05, 0.1) is 28.5 Å². The van der Waals surface area contributed by atoms with Crippen LogP contribution in [0.3, 0.4) is 0 Å². The van der Waals surface area contributed by atoms with Crippen molar-refractivity contribution in [1.82, 2.24) is 14.1 Å². The Kier molecular flexibility index (Phi) is 6.71. The highest BCUT2D eigenvalue weighted by atomic mass is 35.5. The summed E-state index contributed by atoms with van der Waals surface area (Å²) < 4.78 is 16.2. The highest BCUT2D eigenvalue weighted by molar-refractivity contribution is 7.18. The predicted octanol–water partition coefficient (Wildman–Crippen LogP) is 3.75. The van der Waals surface area contributed by atoms with Gasteiger partial charge < -0.3 is 19.8 Å². The van der Waals surface area contributed by atoms with Crippen LogP contribution in [0.5, 0.6) is 0 Å². The Morgan fingerprint density at radius 3 is 2.75 bits per heavy atom. The van der Waals surface area contributed by atoms with Crippen molar-refractivity contribution in [2.24, 2.45) is 0 Å². The maximum absolute atomic E-state index is 12.8. The summed E-state index contributed by atoms with van der Waals surface area (Å²) in [6.07, 6.45) is 6.53. The van der Waals surface area contributed by atoms with E-state index >= 15 is 0 Å². The molecule has 0 aliphatic heterocycles. The zero-order valence-corrected chi connectivity index (χ0v) is 16.8. The second-order valence-corrected chi connectivity index (χ2v) is 7.81. The van der Waals surface area contributed by atoms with E-state index in [1.807, 2.05) is 4.57 Å². The van der Waals surface area contributed by atoms with E-state index in [4.69, 9.17) is 23.2 Å². The average molecular weight is 444 g/mol. The maximum atomic E-state index is 12.8. The van der Waals surface area contributed by atoms with Gasteiger partial charge in [-0.3, -0.25) is 9.59 Å². The molecule has 3 heterocycles. The molecule has 0 saturated heterocycles. The van der Waals surface area contributed by atoms with Crippen LogP contribution in [0.25, 0.3) is 0 Å². The second-order valence-electron chi connectivity index (χ2n) is 5.74. The molecular formula is C17H16Cl2FN5O2S. The lowest BCUT2D eigenvalue weighted by Gasteiger charge is -2.13. The van der Waals surface area contributed by atoms with Crippen LogP contribution < -0.4 is 16.2 Å². The van der Waals surface area contributed by atoms with E-state index in [1.54, 1.807) is 18.7 Å². The van der Waals surface area contributed by atoms with Crippen molar-refractivity contribution in [3.05, 3.63) is 61.6 Å². The van der Waals surface area contributed by atoms with E-state index in [2.05, 4.69) is 15.6 Å². The monoisotopic (exact) mass is 443 g/mol. The molecule has 3 aromatic rings. The first-order chi connectivity index (χ1) is 13.5. The largest absolute Gasteiger partial charge is 0.379 e. The number of alkyl halides is 1. The minimum absolute atomic E-state index is 0.116. The van der Waals surface area contributed by atoms with Crippen molar-refractivity contribution in [3.8, 4) is 0 Å². The van der Waals surface area contributed by atoms with E-state index in [9.17, 15) is 14.0 Å². The number of halogens is 3. The number of imidazole rings is 1. The Balaban J connectivity index is 1.78. The van der Waals surface area contributed by atoms with Gasteiger partial charge in [-0.1, -0.05) is 23.2 Å². The molecule has 3 rings (SSSR count). The number of aromatic nitrogens is 3. The first-order valence-electron chi connectivity index (χ1n) is 8.24. The van der Waals surface area contributed by atoms with Crippen LogP contribution in [0.4, 0.5) is 15.8 Å². The molecule has 0 saturated carbocycles. The van der Waals surface area contributed by atoms with Crippen molar-refractivity contribution in [1.29, 1.82) is 0 Å². The lowest BCUT2D eigenvalue weighted by molar-refractivity contribution is 0.103. The minimum atomic E-state index is -0.706. The molecule has 2 N–H and O–H groups in total. The van der Waals surface area contributed by atoms with Crippen molar-refractivity contribution in [2.45, 2.75) is 13.1 Å². The van der Waals surface area contributed by atoms with Crippen LogP contribution in [-0.4, -0.2) is 33.2 Å². The molecule has 0 aliphatic rings. The van der Waals surface area contributed by atoms with Gasteiger partial charge >= 0.3 is 0 Å². The van der Waals surface area contributed by atoms with Gasteiger partial charge in [-0.2, -0.15) is 0 Å². The van der Waals surface area contributed by atoms with E-state index in [1.165, 1.54) is 22.9 Å². The normalized spacial score (nSPS) is 10.8. The number of hydrogen-bond donors (Lipinski definition) is 2. The molecule has 1 amide bonds. The van der Waals surface area contributed by atoms with Crippen LogP contribution in [0, 0.1) is 0 Å². The van der Waals surface area contributed by atoms with E-state index in [-0.39, 0.29) is 17.8 Å². The molecule has 0 bridgehead atoms. The van der Waals surface area contributed by atoms with Crippen molar-refractivity contribution in [2.75, 3.05) is 23.9 Å². The molecular weight excluding hydrogens is 428 g/mol. The number of carbonyl (C=O) groups is 1. The maximum Gasteiger partial charge on any atom is 0.274 e. The first kappa shape index (κ1) is 20.4. The number of amides is 1. The van der Waals surface area contributed by atoms with Crippen LogP contribution in [0.1, 0.15) is 9.67 Å². The van der Waals surface area contributed by atoms with E-state index in [0.717, 1.165) is 11.3 Å². The zero-order chi connectivity index (χ0) is 20.1. The smallest absolute Gasteiger partial charge is 0.274 e. The van der Waals surface area contributed by atoms with Crippen LogP contribution in [0.15, 0.2) is 41.8 Å². The van der Waals surface area contributed by atoms with Gasteiger partial charge in [0.25, 0.3) is 11.5 Å². The van der Waals surface area contributed by atoms with Gasteiger partial charge in [0.1, 0.15) is 16.7 Å². The number of anilines is 2. The van der Waals surface area contributed by atoms with Gasteiger partial charge in [-0.05, 0) is 12.1 Å². The Labute approximate surface area is 173 Å². The summed E-state index contributed by atoms with van der Waals surface area (Å²) >= 11 is 12.8. The van der Waals surface area contributed by atoms with Crippen molar-refractivity contribution in [3.63, 3.8) is 0 Å². The third kappa shape index (κ3) is 4.92. The summed E-state index contributed by atoms with van der Waals surface area (Å²) in [5, 5.41) is 6.00. The molecule has 0 aromatic carbocycles. The number of carbonyl (C=O) groups excluding carboxylic acids is 1. The Morgan fingerprint density at radius 2 is 2.11 bits per heavy atom. The topological polar surface area (TPSA) is 81.0 Å². The number of aryl methyl sites for hydroxylation is 1. The third-order valence-electron chi connectivity index (χ3n) is 3.78. The van der Waals surface area contributed by atoms with Crippen LogP contribution in [-0.2, 0) is 13.1 Å². The summed E-state index contributed by atoms with van der Waals surface area (Å²) in [7, 11) is 0. The lowest BCUT2D eigenvalue weighted by atomic mass is 10.3. The third-order valence-corrected chi connectivity index (χ3v) is 5.65. The number of nitrogens with zero attached hydrogens (tertiary/aromatic N) is 3.